The molecule has 3 rings (SSSR count). The maximum absolute atomic E-state index is 12.5. The predicted octanol–water partition coefficient (Wildman–Crippen LogP) is 1.64. The lowest BCUT2D eigenvalue weighted by molar-refractivity contribution is -0.184. The zero-order valence-corrected chi connectivity index (χ0v) is 13.8. The zero-order valence-electron chi connectivity index (χ0n) is 13.0. The van der Waals surface area contributed by atoms with E-state index < -0.39 is 10.8 Å². The van der Waals surface area contributed by atoms with Crippen LogP contribution >= 0.6 is 0 Å². The first kappa shape index (κ1) is 15.3. The standard InChI is InChI=1S/C15H26N2O3S/c1-14(2)10-17(11-15(20-14)6-3-4-7-15)13(18)16-12-5-8-21(19)9-12/h12H,3-11H2,1-2H3,(H,16,18). The minimum atomic E-state index is -0.756. The molecule has 3 fully saturated rings. The number of carbonyl (C=O) groups excluding carboxylic acids is 1. The van der Waals surface area contributed by atoms with Crippen molar-refractivity contribution in [3.8, 4) is 0 Å². The quantitative estimate of drug-likeness (QED) is 0.800. The van der Waals surface area contributed by atoms with E-state index in [2.05, 4.69) is 19.2 Å². The molecule has 0 aromatic heterocycles. The van der Waals surface area contributed by atoms with Crippen molar-refractivity contribution in [2.24, 2.45) is 0 Å². The second-order valence-electron chi connectivity index (χ2n) is 7.35. The monoisotopic (exact) mass is 314 g/mol. The van der Waals surface area contributed by atoms with Crippen LogP contribution in [0.2, 0.25) is 0 Å². The highest BCUT2D eigenvalue weighted by atomic mass is 32.2. The van der Waals surface area contributed by atoms with E-state index in [1.165, 1.54) is 12.8 Å². The largest absolute Gasteiger partial charge is 0.365 e. The van der Waals surface area contributed by atoms with Crippen molar-refractivity contribution < 1.29 is 13.7 Å². The second kappa shape index (κ2) is 5.54. The minimum absolute atomic E-state index is 0.0125. The molecule has 6 heteroatoms. The van der Waals surface area contributed by atoms with Crippen LogP contribution in [0.25, 0.3) is 0 Å². The number of nitrogens with zero attached hydrogens (tertiary/aromatic N) is 1. The summed E-state index contributed by atoms with van der Waals surface area (Å²) in [6, 6.07) is 0.0605. The summed E-state index contributed by atoms with van der Waals surface area (Å²) in [5.74, 6) is 1.31. The Labute approximate surface area is 129 Å². The van der Waals surface area contributed by atoms with Crippen molar-refractivity contribution in [1.29, 1.82) is 0 Å². The third-order valence-electron chi connectivity index (χ3n) is 4.75. The molecule has 5 nitrogen and oxygen atoms in total. The van der Waals surface area contributed by atoms with Gasteiger partial charge in [-0.1, -0.05) is 12.8 Å². The number of hydrogen-bond acceptors (Lipinski definition) is 3. The highest BCUT2D eigenvalue weighted by molar-refractivity contribution is 7.85. The lowest BCUT2D eigenvalue weighted by Gasteiger charge is -2.48. The number of carbonyl (C=O) groups is 1. The minimum Gasteiger partial charge on any atom is -0.365 e. The molecule has 3 aliphatic rings. The van der Waals surface area contributed by atoms with Gasteiger partial charge in [-0.05, 0) is 33.1 Å². The van der Waals surface area contributed by atoms with Crippen LogP contribution in [-0.2, 0) is 15.5 Å². The van der Waals surface area contributed by atoms with E-state index in [1.807, 2.05) is 4.90 Å². The highest BCUT2D eigenvalue weighted by Crippen LogP contribution is 2.40. The molecule has 1 N–H and O–H groups in total. The third kappa shape index (κ3) is 3.42. The Morgan fingerprint density at radius 2 is 2.00 bits per heavy atom. The van der Waals surface area contributed by atoms with Crippen LogP contribution in [0.3, 0.4) is 0 Å². The number of ether oxygens (including phenoxy) is 1. The maximum atomic E-state index is 12.5. The van der Waals surface area contributed by atoms with Crippen molar-refractivity contribution in [2.75, 3.05) is 24.6 Å². The zero-order chi connectivity index (χ0) is 15.1. The molecule has 2 unspecified atom stereocenters. The molecule has 1 aliphatic carbocycles. The van der Waals surface area contributed by atoms with Gasteiger partial charge in [0.25, 0.3) is 0 Å². The van der Waals surface area contributed by atoms with Gasteiger partial charge in [0.05, 0.1) is 24.3 Å². The van der Waals surface area contributed by atoms with E-state index in [9.17, 15) is 9.00 Å². The van der Waals surface area contributed by atoms with E-state index in [4.69, 9.17) is 4.74 Å². The topological polar surface area (TPSA) is 58.6 Å². The lowest BCUT2D eigenvalue weighted by Crippen LogP contribution is -2.62. The van der Waals surface area contributed by atoms with Gasteiger partial charge in [0.2, 0.25) is 0 Å². The Bertz CT molecular complexity index is 446. The van der Waals surface area contributed by atoms with Gasteiger partial charge in [-0.25, -0.2) is 4.79 Å². The Balaban J connectivity index is 1.65. The summed E-state index contributed by atoms with van der Waals surface area (Å²) >= 11 is 0. The molecule has 2 aliphatic heterocycles. The number of amides is 2. The third-order valence-corrected chi connectivity index (χ3v) is 6.22. The van der Waals surface area contributed by atoms with Gasteiger partial charge >= 0.3 is 6.03 Å². The first-order valence-corrected chi connectivity index (χ1v) is 9.47. The van der Waals surface area contributed by atoms with E-state index in [0.717, 1.165) is 19.3 Å². The van der Waals surface area contributed by atoms with Gasteiger partial charge in [-0.15, -0.1) is 0 Å². The highest BCUT2D eigenvalue weighted by Gasteiger charge is 2.47. The molecular weight excluding hydrogens is 288 g/mol. The van der Waals surface area contributed by atoms with Gasteiger partial charge in [-0.2, -0.15) is 0 Å². The SMILES string of the molecule is CC1(C)CN(C(=O)NC2CCS(=O)C2)CC2(CCCC2)O1. The van der Waals surface area contributed by atoms with Gasteiger partial charge in [0, 0.05) is 28.3 Å². The normalized spacial score (nSPS) is 34.3. The lowest BCUT2D eigenvalue weighted by atomic mass is 9.94. The van der Waals surface area contributed by atoms with E-state index in [-0.39, 0.29) is 23.3 Å². The Morgan fingerprint density at radius 3 is 2.62 bits per heavy atom. The number of nitrogens with one attached hydrogen (secondary N) is 1. The van der Waals surface area contributed by atoms with Crippen LogP contribution in [0.4, 0.5) is 4.79 Å². The van der Waals surface area contributed by atoms with Crippen LogP contribution in [-0.4, -0.2) is 57.0 Å². The summed E-state index contributed by atoms with van der Waals surface area (Å²) in [6.45, 7) is 5.45. The fraction of sp³-hybridized carbons (Fsp3) is 0.933. The summed E-state index contributed by atoms with van der Waals surface area (Å²) < 4.78 is 17.8. The second-order valence-corrected chi connectivity index (χ2v) is 8.97. The molecule has 0 bridgehead atoms. The van der Waals surface area contributed by atoms with E-state index in [1.54, 1.807) is 0 Å². The Morgan fingerprint density at radius 1 is 1.29 bits per heavy atom. The fourth-order valence-corrected chi connectivity index (χ4v) is 5.39. The molecular formula is C15H26N2O3S. The van der Waals surface area contributed by atoms with Crippen molar-refractivity contribution in [3.63, 3.8) is 0 Å². The van der Waals surface area contributed by atoms with Crippen molar-refractivity contribution in [3.05, 3.63) is 0 Å². The maximum Gasteiger partial charge on any atom is 0.317 e. The van der Waals surface area contributed by atoms with Gasteiger partial charge in [0.15, 0.2) is 0 Å². The van der Waals surface area contributed by atoms with Crippen LogP contribution < -0.4 is 5.32 Å². The van der Waals surface area contributed by atoms with Gasteiger partial charge in [-0.3, -0.25) is 4.21 Å². The first-order chi connectivity index (χ1) is 9.88. The van der Waals surface area contributed by atoms with Crippen LogP contribution in [0, 0.1) is 0 Å². The molecule has 2 amide bonds. The molecule has 120 valence electrons. The average Bonchev–Trinajstić information content (AvgIpc) is 2.97. The summed E-state index contributed by atoms with van der Waals surface area (Å²) in [5, 5.41) is 3.06. The number of morpholine rings is 1. The number of hydrogen-bond donors (Lipinski definition) is 1. The molecule has 2 saturated heterocycles. The molecule has 0 aromatic rings. The summed E-state index contributed by atoms with van der Waals surface area (Å²) in [6.07, 6.45) is 5.30. The first-order valence-electron chi connectivity index (χ1n) is 7.98. The summed E-state index contributed by atoms with van der Waals surface area (Å²) in [7, 11) is -0.756. The summed E-state index contributed by atoms with van der Waals surface area (Å²) in [4.78, 5) is 14.5. The molecule has 2 heterocycles. The van der Waals surface area contributed by atoms with Crippen LogP contribution in [0.1, 0.15) is 46.0 Å². The van der Waals surface area contributed by atoms with E-state index in [0.29, 0.717) is 24.6 Å². The van der Waals surface area contributed by atoms with Crippen molar-refractivity contribution in [1.82, 2.24) is 10.2 Å². The molecule has 0 radical (unpaired) electrons. The Kier molecular flexibility index (Phi) is 4.03. The number of rotatable bonds is 1. The fourth-order valence-electron chi connectivity index (χ4n) is 3.98. The summed E-state index contributed by atoms with van der Waals surface area (Å²) in [5.41, 5.74) is -0.435. The van der Waals surface area contributed by atoms with Crippen molar-refractivity contribution >= 4 is 16.8 Å². The Hall–Kier alpha value is -0.620. The molecule has 2 atom stereocenters. The van der Waals surface area contributed by atoms with Crippen LogP contribution in [0.15, 0.2) is 0 Å². The van der Waals surface area contributed by atoms with Crippen molar-refractivity contribution in [2.45, 2.75) is 63.2 Å². The average molecular weight is 314 g/mol. The molecule has 21 heavy (non-hydrogen) atoms. The predicted molar refractivity (Wildman–Crippen MR) is 82.7 cm³/mol. The van der Waals surface area contributed by atoms with Crippen LogP contribution in [0.5, 0.6) is 0 Å². The molecule has 0 aromatic carbocycles. The van der Waals surface area contributed by atoms with Gasteiger partial charge in [0.1, 0.15) is 0 Å². The van der Waals surface area contributed by atoms with Gasteiger partial charge < -0.3 is 15.0 Å². The molecule has 1 spiro atoms. The van der Waals surface area contributed by atoms with E-state index >= 15 is 0 Å². The molecule has 1 saturated carbocycles. The smallest absolute Gasteiger partial charge is 0.317 e. The number of urea groups is 1.